The lowest BCUT2D eigenvalue weighted by Crippen LogP contribution is -2.48. The maximum absolute atomic E-state index is 12.4. The third-order valence-electron chi connectivity index (χ3n) is 4.30. The summed E-state index contributed by atoms with van der Waals surface area (Å²) in [6.07, 6.45) is 3.35. The van der Waals surface area contributed by atoms with Crippen LogP contribution in [0.4, 0.5) is 5.69 Å². The number of aromatic nitrogens is 2. The van der Waals surface area contributed by atoms with E-state index >= 15 is 0 Å². The Labute approximate surface area is 147 Å². The van der Waals surface area contributed by atoms with E-state index in [1.54, 1.807) is 23.9 Å². The quantitative estimate of drug-likeness (QED) is 0.804. The Hall–Kier alpha value is -2.27. The van der Waals surface area contributed by atoms with Gasteiger partial charge in [-0.1, -0.05) is 29.8 Å². The third-order valence-corrected chi connectivity index (χ3v) is 4.75. The molecule has 1 aliphatic rings. The van der Waals surface area contributed by atoms with Gasteiger partial charge < -0.3 is 9.80 Å². The first-order valence-corrected chi connectivity index (χ1v) is 8.40. The van der Waals surface area contributed by atoms with Crippen LogP contribution in [0, 0.1) is 6.92 Å². The van der Waals surface area contributed by atoms with Gasteiger partial charge in [-0.25, -0.2) is 0 Å². The van der Waals surface area contributed by atoms with Crippen molar-refractivity contribution in [3.8, 4) is 0 Å². The van der Waals surface area contributed by atoms with E-state index in [1.807, 2.05) is 30.0 Å². The van der Waals surface area contributed by atoms with Crippen molar-refractivity contribution in [2.24, 2.45) is 7.05 Å². The number of carbonyl (C=O) groups excluding carboxylic acids is 1. The zero-order valence-corrected chi connectivity index (χ0v) is 14.7. The van der Waals surface area contributed by atoms with Crippen LogP contribution in [0.1, 0.15) is 11.3 Å². The number of hydrogen-bond acceptors (Lipinski definition) is 3. The number of para-hydroxylation sites is 1. The molecule has 5 nitrogen and oxygen atoms in total. The number of piperazine rings is 1. The smallest absolute Gasteiger partial charge is 0.246 e. The van der Waals surface area contributed by atoms with E-state index in [2.05, 4.69) is 22.1 Å². The lowest BCUT2D eigenvalue weighted by Gasteiger charge is -2.35. The fourth-order valence-electron chi connectivity index (χ4n) is 2.92. The van der Waals surface area contributed by atoms with Gasteiger partial charge in [0.15, 0.2) is 0 Å². The number of amides is 1. The Morgan fingerprint density at radius 1 is 1.17 bits per heavy atom. The molecule has 0 bridgehead atoms. The number of hydrogen-bond donors (Lipinski definition) is 0. The van der Waals surface area contributed by atoms with Crippen LogP contribution in [-0.4, -0.2) is 46.8 Å². The number of nitrogens with zero attached hydrogens (tertiary/aromatic N) is 4. The van der Waals surface area contributed by atoms with E-state index in [-0.39, 0.29) is 5.91 Å². The molecule has 0 saturated carbocycles. The van der Waals surface area contributed by atoms with Crippen LogP contribution in [-0.2, 0) is 11.8 Å². The summed E-state index contributed by atoms with van der Waals surface area (Å²) in [7, 11) is 1.79. The van der Waals surface area contributed by atoms with Crippen molar-refractivity contribution >= 4 is 29.3 Å². The Morgan fingerprint density at radius 3 is 2.42 bits per heavy atom. The number of halogens is 1. The van der Waals surface area contributed by atoms with Gasteiger partial charge in [0.05, 0.1) is 5.69 Å². The van der Waals surface area contributed by atoms with Crippen molar-refractivity contribution in [1.29, 1.82) is 0 Å². The maximum Gasteiger partial charge on any atom is 0.246 e. The number of aryl methyl sites for hydroxylation is 2. The summed E-state index contributed by atoms with van der Waals surface area (Å²) in [5.41, 5.74) is 2.83. The Morgan fingerprint density at radius 2 is 1.83 bits per heavy atom. The highest BCUT2D eigenvalue weighted by Crippen LogP contribution is 2.20. The lowest BCUT2D eigenvalue weighted by atomic mass is 10.2. The van der Waals surface area contributed by atoms with Gasteiger partial charge in [-0.15, -0.1) is 0 Å². The average molecular weight is 345 g/mol. The summed E-state index contributed by atoms with van der Waals surface area (Å²) in [6.45, 7) is 5.01. The first-order valence-electron chi connectivity index (χ1n) is 8.02. The maximum atomic E-state index is 12.4. The minimum atomic E-state index is 0.0158. The minimum Gasteiger partial charge on any atom is -0.368 e. The SMILES string of the molecule is Cc1nn(C)c(Cl)c1/C=C/C(=O)N1CCN(c2ccccc2)CC1. The topological polar surface area (TPSA) is 41.4 Å². The summed E-state index contributed by atoms with van der Waals surface area (Å²) < 4.78 is 1.61. The summed E-state index contributed by atoms with van der Waals surface area (Å²) in [5, 5.41) is 4.79. The standard InChI is InChI=1S/C18H21ClN4O/c1-14-16(18(19)21(2)20-14)8-9-17(24)23-12-10-22(11-13-23)15-6-4-3-5-7-15/h3-9H,10-13H2,1-2H3/b9-8+. The summed E-state index contributed by atoms with van der Waals surface area (Å²) in [6, 6.07) is 10.3. The lowest BCUT2D eigenvalue weighted by molar-refractivity contribution is -0.126. The molecule has 1 fully saturated rings. The van der Waals surface area contributed by atoms with Gasteiger partial charge in [-0.05, 0) is 25.1 Å². The number of carbonyl (C=O) groups is 1. The van der Waals surface area contributed by atoms with E-state index < -0.39 is 0 Å². The van der Waals surface area contributed by atoms with E-state index in [9.17, 15) is 4.79 Å². The molecule has 6 heteroatoms. The minimum absolute atomic E-state index is 0.0158. The molecule has 1 amide bonds. The highest BCUT2D eigenvalue weighted by molar-refractivity contribution is 6.31. The van der Waals surface area contributed by atoms with Crippen molar-refractivity contribution in [2.45, 2.75) is 6.92 Å². The molecule has 2 heterocycles. The van der Waals surface area contributed by atoms with E-state index in [4.69, 9.17) is 11.6 Å². The predicted octanol–water partition coefficient (Wildman–Crippen LogP) is 2.74. The van der Waals surface area contributed by atoms with Gasteiger partial charge in [0, 0.05) is 50.6 Å². The van der Waals surface area contributed by atoms with Gasteiger partial charge in [-0.3, -0.25) is 9.48 Å². The summed E-state index contributed by atoms with van der Waals surface area (Å²) in [4.78, 5) is 16.6. The molecule has 2 aromatic rings. The molecular formula is C18H21ClN4O. The van der Waals surface area contributed by atoms with Gasteiger partial charge in [0.1, 0.15) is 5.15 Å². The average Bonchev–Trinajstić information content (AvgIpc) is 2.86. The number of anilines is 1. The molecule has 1 aliphatic heterocycles. The second kappa shape index (κ2) is 7.09. The molecule has 0 atom stereocenters. The Balaban J connectivity index is 1.60. The number of benzene rings is 1. The highest BCUT2D eigenvalue weighted by atomic mass is 35.5. The van der Waals surface area contributed by atoms with Crippen LogP contribution in [0.15, 0.2) is 36.4 Å². The zero-order chi connectivity index (χ0) is 17.1. The molecule has 0 unspecified atom stereocenters. The third kappa shape index (κ3) is 3.46. The second-order valence-electron chi connectivity index (χ2n) is 5.89. The van der Waals surface area contributed by atoms with Gasteiger partial charge >= 0.3 is 0 Å². The predicted molar refractivity (Wildman–Crippen MR) is 97.2 cm³/mol. The van der Waals surface area contributed by atoms with Crippen LogP contribution < -0.4 is 4.90 Å². The van der Waals surface area contributed by atoms with Crippen LogP contribution in [0.5, 0.6) is 0 Å². The van der Waals surface area contributed by atoms with E-state index in [0.717, 1.165) is 37.4 Å². The molecule has 0 N–H and O–H groups in total. The van der Waals surface area contributed by atoms with Gasteiger partial charge in [-0.2, -0.15) is 5.10 Å². The molecule has 3 rings (SSSR count). The molecule has 1 aromatic carbocycles. The van der Waals surface area contributed by atoms with Crippen molar-refractivity contribution in [2.75, 3.05) is 31.1 Å². The molecule has 0 spiro atoms. The normalized spacial score (nSPS) is 15.3. The van der Waals surface area contributed by atoms with Gasteiger partial charge in [0.25, 0.3) is 0 Å². The van der Waals surface area contributed by atoms with Crippen molar-refractivity contribution in [3.05, 3.63) is 52.8 Å². The van der Waals surface area contributed by atoms with Crippen molar-refractivity contribution in [3.63, 3.8) is 0 Å². The first kappa shape index (κ1) is 16.6. The molecular weight excluding hydrogens is 324 g/mol. The van der Waals surface area contributed by atoms with E-state index in [0.29, 0.717) is 5.15 Å². The fourth-order valence-corrected chi connectivity index (χ4v) is 3.16. The Kier molecular flexibility index (Phi) is 4.90. The molecule has 24 heavy (non-hydrogen) atoms. The molecule has 126 valence electrons. The Bertz CT molecular complexity index is 746. The molecule has 1 aromatic heterocycles. The fraction of sp³-hybridized carbons (Fsp3) is 0.333. The highest BCUT2D eigenvalue weighted by Gasteiger charge is 2.20. The van der Waals surface area contributed by atoms with Crippen molar-refractivity contribution < 1.29 is 4.79 Å². The molecule has 0 aliphatic carbocycles. The van der Waals surface area contributed by atoms with Crippen LogP contribution >= 0.6 is 11.6 Å². The molecule has 1 saturated heterocycles. The summed E-state index contributed by atoms with van der Waals surface area (Å²) in [5.74, 6) is 0.0158. The van der Waals surface area contributed by atoms with Gasteiger partial charge in [0.2, 0.25) is 5.91 Å². The summed E-state index contributed by atoms with van der Waals surface area (Å²) >= 11 is 6.19. The molecule has 0 radical (unpaired) electrons. The van der Waals surface area contributed by atoms with E-state index in [1.165, 1.54) is 5.69 Å². The monoisotopic (exact) mass is 344 g/mol. The van der Waals surface area contributed by atoms with Crippen LogP contribution in [0.2, 0.25) is 5.15 Å². The zero-order valence-electron chi connectivity index (χ0n) is 13.9. The van der Waals surface area contributed by atoms with Crippen LogP contribution in [0.3, 0.4) is 0 Å². The van der Waals surface area contributed by atoms with Crippen LogP contribution in [0.25, 0.3) is 6.08 Å². The first-order chi connectivity index (χ1) is 11.6. The number of rotatable bonds is 3. The van der Waals surface area contributed by atoms with Crippen molar-refractivity contribution in [1.82, 2.24) is 14.7 Å². The second-order valence-corrected chi connectivity index (χ2v) is 6.25. The largest absolute Gasteiger partial charge is 0.368 e.